The Labute approximate surface area is 112 Å². The number of nitrogens with two attached hydrogens (primary N) is 1. The van der Waals surface area contributed by atoms with Gasteiger partial charge in [0, 0.05) is 0 Å². The van der Waals surface area contributed by atoms with Crippen molar-refractivity contribution in [2.45, 2.75) is 64.0 Å². The average Bonchev–Trinajstić information content (AvgIpc) is 2.24. The van der Waals surface area contributed by atoms with E-state index >= 15 is 0 Å². The Morgan fingerprint density at radius 2 is 1.84 bits per heavy atom. The number of carbonyl (C=O) groups excluding carboxylic acids is 1. The van der Waals surface area contributed by atoms with Crippen molar-refractivity contribution in [1.29, 1.82) is 0 Å². The number of hydrogen-bond donors (Lipinski definition) is 2. The minimum atomic E-state index is -0.777. The monoisotopic (exact) mass is 270 g/mol. The molecule has 0 aromatic heterocycles. The lowest BCUT2D eigenvalue weighted by Crippen LogP contribution is -2.70. The molecule has 19 heavy (non-hydrogen) atoms. The molecule has 0 radical (unpaired) electrons. The molecule has 3 fully saturated rings. The maximum absolute atomic E-state index is 12.0. The molecule has 6 nitrogen and oxygen atoms in total. The molecule has 0 unspecified atom stereocenters. The van der Waals surface area contributed by atoms with E-state index in [0.717, 1.165) is 17.9 Å². The van der Waals surface area contributed by atoms with Gasteiger partial charge in [-0.15, -0.1) is 0 Å². The van der Waals surface area contributed by atoms with E-state index in [0.29, 0.717) is 19.3 Å². The number of carboxylic acid groups (broad SMARTS) is 1. The number of aliphatic carboxylic acids is 1. The molecule has 6 heteroatoms. The quantitative estimate of drug-likeness (QED) is 0.454. The lowest BCUT2D eigenvalue weighted by molar-refractivity contribution is -0.180. The Morgan fingerprint density at radius 1 is 1.26 bits per heavy atom. The standard InChI is InChI=1S/C13H22N2O4/c1-11(2,3)19-10(18)15(14)13-6-4-5-12(7-13,8-13)9(16)17/h4-8,14H2,1-3H3,(H,16,17). The van der Waals surface area contributed by atoms with Gasteiger partial charge < -0.3 is 9.84 Å². The van der Waals surface area contributed by atoms with Crippen LogP contribution in [0.4, 0.5) is 4.79 Å². The van der Waals surface area contributed by atoms with E-state index in [-0.39, 0.29) is 0 Å². The van der Waals surface area contributed by atoms with Gasteiger partial charge in [0.2, 0.25) is 0 Å². The highest BCUT2D eigenvalue weighted by atomic mass is 16.6. The van der Waals surface area contributed by atoms with Crippen molar-refractivity contribution >= 4 is 12.1 Å². The van der Waals surface area contributed by atoms with Gasteiger partial charge in [0.05, 0.1) is 11.0 Å². The van der Waals surface area contributed by atoms with Crippen molar-refractivity contribution in [3.8, 4) is 0 Å². The van der Waals surface area contributed by atoms with Gasteiger partial charge in [-0.1, -0.05) is 0 Å². The molecule has 108 valence electrons. The number of ether oxygens (including phenoxy) is 1. The van der Waals surface area contributed by atoms with Gasteiger partial charge in [-0.25, -0.2) is 15.6 Å². The Balaban J connectivity index is 2.07. The summed E-state index contributed by atoms with van der Waals surface area (Å²) < 4.78 is 5.25. The van der Waals surface area contributed by atoms with Crippen LogP contribution in [0.5, 0.6) is 0 Å². The van der Waals surface area contributed by atoms with Gasteiger partial charge in [-0.2, -0.15) is 0 Å². The van der Waals surface area contributed by atoms with Crippen LogP contribution in [0.2, 0.25) is 0 Å². The van der Waals surface area contributed by atoms with Gasteiger partial charge >= 0.3 is 12.1 Å². The topological polar surface area (TPSA) is 92.9 Å². The fourth-order valence-electron chi connectivity index (χ4n) is 3.37. The molecular formula is C13H22N2O4. The number of carboxylic acids is 1. The molecule has 0 saturated heterocycles. The number of fused-ring (bicyclic) bond motifs is 2. The Morgan fingerprint density at radius 3 is 2.32 bits per heavy atom. The van der Waals surface area contributed by atoms with E-state index in [2.05, 4.69) is 0 Å². The summed E-state index contributed by atoms with van der Waals surface area (Å²) in [6.07, 6.45) is 2.50. The smallest absolute Gasteiger partial charge is 0.425 e. The molecule has 0 atom stereocenters. The summed E-state index contributed by atoms with van der Waals surface area (Å²) in [6.45, 7) is 5.33. The van der Waals surface area contributed by atoms with Crippen LogP contribution >= 0.6 is 0 Å². The third kappa shape index (κ3) is 2.29. The summed E-state index contributed by atoms with van der Waals surface area (Å²) in [5.41, 5.74) is -1.81. The zero-order chi connectivity index (χ0) is 14.5. The predicted octanol–water partition coefficient (Wildman–Crippen LogP) is 1.88. The van der Waals surface area contributed by atoms with Crippen LogP contribution in [0, 0.1) is 5.41 Å². The number of hydrogen-bond acceptors (Lipinski definition) is 4. The average molecular weight is 270 g/mol. The van der Waals surface area contributed by atoms with Gasteiger partial charge in [0.15, 0.2) is 0 Å². The van der Waals surface area contributed by atoms with E-state index < -0.39 is 28.6 Å². The molecule has 3 aliphatic rings. The summed E-state index contributed by atoms with van der Waals surface area (Å²) in [5.74, 6) is 5.12. The molecule has 2 bridgehead atoms. The zero-order valence-electron chi connectivity index (χ0n) is 11.7. The highest BCUT2D eigenvalue weighted by molar-refractivity contribution is 5.78. The van der Waals surface area contributed by atoms with Crippen molar-refractivity contribution in [2.24, 2.45) is 11.3 Å². The number of hydrazine groups is 1. The molecule has 0 heterocycles. The molecule has 3 aliphatic carbocycles. The maximum atomic E-state index is 12.0. The third-order valence-electron chi connectivity index (χ3n) is 4.19. The Hall–Kier alpha value is -1.30. The summed E-state index contributed by atoms with van der Waals surface area (Å²) >= 11 is 0. The molecule has 3 saturated carbocycles. The summed E-state index contributed by atoms with van der Waals surface area (Å²) in [5, 5.41) is 10.4. The second-order valence-electron chi connectivity index (χ2n) is 6.87. The van der Waals surface area contributed by atoms with E-state index in [1.165, 1.54) is 0 Å². The van der Waals surface area contributed by atoms with E-state index in [1.54, 1.807) is 20.8 Å². The predicted molar refractivity (Wildman–Crippen MR) is 68.1 cm³/mol. The van der Waals surface area contributed by atoms with Crippen molar-refractivity contribution in [1.82, 2.24) is 5.01 Å². The summed E-state index contributed by atoms with van der Waals surface area (Å²) in [7, 11) is 0. The third-order valence-corrected chi connectivity index (χ3v) is 4.19. The molecule has 3 rings (SSSR count). The fraction of sp³-hybridized carbons (Fsp3) is 0.846. The van der Waals surface area contributed by atoms with Crippen LogP contribution in [0.1, 0.15) is 52.9 Å². The minimum absolute atomic E-state index is 0.436. The van der Waals surface area contributed by atoms with Crippen molar-refractivity contribution in [2.75, 3.05) is 0 Å². The highest BCUT2D eigenvalue weighted by Gasteiger charge is 2.64. The molecule has 0 aliphatic heterocycles. The van der Waals surface area contributed by atoms with Crippen molar-refractivity contribution in [3.63, 3.8) is 0 Å². The number of carbonyl (C=O) groups is 2. The number of nitrogens with zero attached hydrogens (tertiary/aromatic N) is 1. The normalized spacial score (nSPS) is 33.3. The lowest BCUT2D eigenvalue weighted by Gasteiger charge is -2.60. The first-order valence-corrected chi connectivity index (χ1v) is 6.62. The Kier molecular flexibility index (Phi) is 3.04. The summed E-state index contributed by atoms with van der Waals surface area (Å²) in [6, 6.07) is 0. The molecule has 3 N–H and O–H groups in total. The Bertz CT molecular complexity index is 407. The molecule has 0 spiro atoms. The van der Waals surface area contributed by atoms with Crippen molar-refractivity contribution < 1.29 is 19.4 Å². The second-order valence-corrected chi connectivity index (χ2v) is 6.87. The van der Waals surface area contributed by atoms with Crippen LogP contribution in [-0.4, -0.2) is 33.3 Å². The first kappa shape index (κ1) is 14.1. The van der Waals surface area contributed by atoms with Crippen molar-refractivity contribution in [3.05, 3.63) is 0 Å². The van der Waals surface area contributed by atoms with Gasteiger partial charge in [-0.3, -0.25) is 4.79 Å². The van der Waals surface area contributed by atoms with Gasteiger partial charge in [0.25, 0.3) is 0 Å². The largest absolute Gasteiger partial charge is 0.481 e. The van der Waals surface area contributed by atoms with E-state index in [9.17, 15) is 14.7 Å². The van der Waals surface area contributed by atoms with E-state index in [4.69, 9.17) is 10.6 Å². The molecule has 0 aromatic carbocycles. The van der Waals surface area contributed by atoms with Crippen LogP contribution < -0.4 is 5.84 Å². The highest BCUT2D eigenvalue weighted by Crippen LogP contribution is 2.60. The van der Waals surface area contributed by atoms with Crippen LogP contribution in [-0.2, 0) is 9.53 Å². The van der Waals surface area contributed by atoms with Gasteiger partial charge in [0.1, 0.15) is 5.60 Å². The molecule has 1 amide bonds. The first-order chi connectivity index (χ1) is 8.60. The van der Waals surface area contributed by atoms with E-state index in [1.807, 2.05) is 0 Å². The second kappa shape index (κ2) is 4.10. The fourth-order valence-corrected chi connectivity index (χ4v) is 3.37. The SMILES string of the molecule is CC(C)(C)OC(=O)N(N)C12CCCC(C(=O)O)(C1)C2. The molecule has 0 aromatic rings. The van der Waals surface area contributed by atoms with Crippen LogP contribution in [0.15, 0.2) is 0 Å². The number of rotatable bonds is 2. The lowest BCUT2D eigenvalue weighted by atomic mass is 9.49. The minimum Gasteiger partial charge on any atom is -0.481 e. The van der Waals surface area contributed by atoms with Crippen LogP contribution in [0.3, 0.4) is 0 Å². The maximum Gasteiger partial charge on any atom is 0.425 e. The first-order valence-electron chi connectivity index (χ1n) is 6.62. The number of amides is 1. The summed E-state index contributed by atoms with van der Waals surface area (Å²) in [4.78, 5) is 23.3. The zero-order valence-corrected chi connectivity index (χ0v) is 11.7. The molecular weight excluding hydrogens is 248 g/mol. The van der Waals surface area contributed by atoms with Crippen LogP contribution in [0.25, 0.3) is 0 Å². The van der Waals surface area contributed by atoms with Gasteiger partial charge in [-0.05, 0) is 52.9 Å².